The van der Waals surface area contributed by atoms with Crippen LogP contribution in [-0.2, 0) is 0 Å². The molecule has 2 aromatic carbocycles. The summed E-state index contributed by atoms with van der Waals surface area (Å²) in [5, 5.41) is 6.10. The number of anilines is 1. The van der Waals surface area contributed by atoms with Gasteiger partial charge in [0.1, 0.15) is 5.75 Å². The Hall–Kier alpha value is -2.38. The van der Waals surface area contributed by atoms with Crippen LogP contribution in [0.3, 0.4) is 0 Å². The lowest BCUT2D eigenvalue weighted by Gasteiger charge is -2.40. The molecule has 0 unspecified atom stereocenters. The Morgan fingerprint density at radius 3 is 2.25 bits per heavy atom. The highest BCUT2D eigenvalue weighted by atomic mass is 79.9. The van der Waals surface area contributed by atoms with E-state index in [2.05, 4.69) is 31.5 Å². The molecular weight excluding hydrogens is 518 g/mol. The molecule has 1 aliphatic heterocycles. The molecule has 3 rings (SSSR count). The molecule has 2 aromatic rings. The van der Waals surface area contributed by atoms with Gasteiger partial charge in [0.25, 0.3) is 11.8 Å². The van der Waals surface area contributed by atoms with Crippen molar-refractivity contribution in [2.45, 2.75) is 64.8 Å². The van der Waals surface area contributed by atoms with Crippen LogP contribution in [0.4, 0.5) is 5.69 Å². The van der Waals surface area contributed by atoms with Crippen molar-refractivity contribution in [3.63, 3.8) is 0 Å². The van der Waals surface area contributed by atoms with Gasteiger partial charge >= 0.3 is 0 Å². The van der Waals surface area contributed by atoms with Gasteiger partial charge in [0.15, 0.2) is 0 Å². The number of quaternary nitrogens is 1. The second-order valence-electron chi connectivity index (χ2n) is 9.92. The third kappa shape index (κ3) is 8.93. The molecule has 6 nitrogen and oxygen atoms in total. The van der Waals surface area contributed by atoms with Crippen molar-refractivity contribution >= 4 is 17.5 Å². The molecule has 0 saturated carbocycles. The molecule has 2 amide bonds. The number of benzene rings is 2. The first-order valence-electron chi connectivity index (χ1n) is 13.2. The minimum atomic E-state index is -0.219. The molecule has 1 heterocycles. The minimum absolute atomic E-state index is 0. The Balaban J connectivity index is 0.00000456. The molecule has 36 heavy (non-hydrogen) atoms. The molecule has 0 bridgehead atoms. The zero-order valence-corrected chi connectivity index (χ0v) is 23.6. The summed E-state index contributed by atoms with van der Waals surface area (Å²) >= 11 is 0. The van der Waals surface area contributed by atoms with Gasteiger partial charge in [-0.25, -0.2) is 0 Å². The molecule has 1 saturated heterocycles. The zero-order chi connectivity index (χ0) is 25.1. The van der Waals surface area contributed by atoms with Crippen molar-refractivity contribution in [1.29, 1.82) is 0 Å². The molecule has 0 aliphatic carbocycles. The molecule has 0 spiro atoms. The van der Waals surface area contributed by atoms with Crippen molar-refractivity contribution in [2.75, 3.05) is 38.6 Å². The molecule has 1 fully saturated rings. The topological polar surface area (TPSA) is 67.4 Å². The van der Waals surface area contributed by atoms with Gasteiger partial charge in [0, 0.05) is 30.1 Å². The first-order chi connectivity index (χ1) is 16.9. The van der Waals surface area contributed by atoms with Crippen LogP contribution in [0.15, 0.2) is 48.5 Å². The quantitative estimate of drug-likeness (QED) is 0.310. The number of amides is 2. The minimum Gasteiger partial charge on any atom is -1.00 e. The summed E-state index contributed by atoms with van der Waals surface area (Å²) in [6.45, 7) is 8.35. The van der Waals surface area contributed by atoms with E-state index in [-0.39, 0.29) is 34.8 Å². The Morgan fingerprint density at radius 1 is 0.917 bits per heavy atom. The normalized spacial score (nSPS) is 19.1. The Kier molecular flexibility index (Phi) is 12.4. The van der Waals surface area contributed by atoms with Crippen LogP contribution in [-0.4, -0.2) is 55.6 Å². The summed E-state index contributed by atoms with van der Waals surface area (Å²) < 4.78 is 6.98. The number of nitrogens with zero attached hydrogens (tertiary/aromatic N) is 1. The molecule has 7 heteroatoms. The lowest BCUT2D eigenvalue weighted by Crippen LogP contribution is -3.00. The van der Waals surface area contributed by atoms with Gasteiger partial charge < -0.3 is 36.8 Å². The van der Waals surface area contributed by atoms with Crippen molar-refractivity contribution in [1.82, 2.24) is 5.32 Å². The van der Waals surface area contributed by atoms with Gasteiger partial charge in [-0.1, -0.05) is 44.7 Å². The van der Waals surface area contributed by atoms with Crippen LogP contribution < -0.4 is 32.4 Å². The number of ether oxygens (including phenoxy) is 1. The third-order valence-corrected chi connectivity index (χ3v) is 7.18. The Bertz CT molecular complexity index is 956. The predicted octanol–water partition coefficient (Wildman–Crippen LogP) is 2.65. The molecule has 0 atom stereocenters. The van der Waals surface area contributed by atoms with Gasteiger partial charge in [0.05, 0.1) is 38.9 Å². The van der Waals surface area contributed by atoms with E-state index in [0.717, 1.165) is 49.8 Å². The first-order valence-corrected chi connectivity index (χ1v) is 13.2. The number of unbranched alkanes of at least 4 members (excludes halogenated alkanes) is 4. The van der Waals surface area contributed by atoms with E-state index in [1.165, 1.54) is 19.3 Å². The summed E-state index contributed by atoms with van der Waals surface area (Å²) in [5.41, 5.74) is 1.76. The Labute approximate surface area is 227 Å². The average molecular weight is 561 g/mol. The highest BCUT2D eigenvalue weighted by Gasteiger charge is 2.29. The van der Waals surface area contributed by atoms with E-state index in [0.29, 0.717) is 29.2 Å². The molecular formula is C29H42BrN3O3. The van der Waals surface area contributed by atoms with Crippen LogP contribution in [0.25, 0.3) is 0 Å². The number of likely N-dealkylation sites (tertiary alicyclic amines) is 1. The number of halogens is 1. The second-order valence-corrected chi connectivity index (χ2v) is 9.92. The number of carbonyl (C=O) groups is 2. The number of rotatable bonds is 12. The second kappa shape index (κ2) is 15.0. The lowest BCUT2D eigenvalue weighted by molar-refractivity contribution is -0.912. The maximum Gasteiger partial charge on any atom is 0.259 e. The van der Waals surface area contributed by atoms with E-state index in [4.69, 9.17) is 4.74 Å². The van der Waals surface area contributed by atoms with Gasteiger partial charge in [-0.05, 0) is 49.7 Å². The summed E-state index contributed by atoms with van der Waals surface area (Å²) in [7, 11) is 2.28. The number of piperidine rings is 1. The van der Waals surface area contributed by atoms with Gasteiger partial charge in [-0.15, -0.1) is 0 Å². The van der Waals surface area contributed by atoms with Crippen LogP contribution in [0.2, 0.25) is 0 Å². The van der Waals surface area contributed by atoms with Crippen LogP contribution >= 0.6 is 0 Å². The maximum absolute atomic E-state index is 12.9. The van der Waals surface area contributed by atoms with Gasteiger partial charge in [-0.2, -0.15) is 0 Å². The monoisotopic (exact) mass is 559 g/mol. The highest BCUT2D eigenvalue weighted by molar-refractivity contribution is 6.06. The van der Waals surface area contributed by atoms with E-state index >= 15 is 0 Å². The largest absolute Gasteiger partial charge is 1.00 e. The molecule has 2 N–H and O–H groups in total. The number of hydrogen-bond acceptors (Lipinski definition) is 3. The van der Waals surface area contributed by atoms with Gasteiger partial charge in [0.2, 0.25) is 0 Å². The SMILES string of the molecule is CCCCCCCOc1ccccc1C(=O)Nc1ccc(C(=O)NC2CC[N+](C)(CC)CC2)cc1.[Br-]. The van der Waals surface area contributed by atoms with Crippen molar-refractivity contribution in [3.05, 3.63) is 59.7 Å². The zero-order valence-electron chi connectivity index (χ0n) is 22.0. The third-order valence-electron chi connectivity index (χ3n) is 7.18. The van der Waals surface area contributed by atoms with Crippen LogP contribution in [0, 0.1) is 0 Å². The predicted molar refractivity (Wildman–Crippen MR) is 142 cm³/mol. The Morgan fingerprint density at radius 2 is 1.58 bits per heavy atom. The van der Waals surface area contributed by atoms with Crippen molar-refractivity contribution in [2.24, 2.45) is 0 Å². The van der Waals surface area contributed by atoms with E-state index in [9.17, 15) is 9.59 Å². The fourth-order valence-corrected chi connectivity index (χ4v) is 4.49. The van der Waals surface area contributed by atoms with Crippen LogP contribution in [0.5, 0.6) is 5.75 Å². The van der Waals surface area contributed by atoms with Crippen LogP contribution in [0.1, 0.15) is 79.5 Å². The highest BCUT2D eigenvalue weighted by Crippen LogP contribution is 2.21. The summed E-state index contributed by atoms with van der Waals surface area (Å²) in [5.74, 6) is 0.322. The fraction of sp³-hybridized carbons (Fsp3) is 0.517. The number of carbonyl (C=O) groups excluding carboxylic acids is 2. The lowest BCUT2D eigenvalue weighted by atomic mass is 10.0. The van der Waals surface area contributed by atoms with Crippen molar-refractivity contribution < 1.29 is 35.8 Å². The van der Waals surface area contributed by atoms with E-state index in [1.54, 1.807) is 30.3 Å². The average Bonchev–Trinajstić information content (AvgIpc) is 2.88. The number of para-hydroxylation sites is 1. The standard InChI is InChI=1S/C29H41N3O3.BrH/c1-4-6-7-8-11-22-35-27-13-10-9-12-26(27)29(34)31-24-16-14-23(15-17-24)28(33)30-25-18-20-32(3,5-2)21-19-25;/h9-10,12-17,25H,4-8,11,18-22H2,1-3H3,(H-,30,31,33,34);1H. The summed E-state index contributed by atoms with van der Waals surface area (Å²) in [6.07, 6.45) is 7.81. The van der Waals surface area contributed by atoms with E-state index < -0.39 is 0 Å². The molecule has 1 aliphatic rings. The maximum atomic E-state index is 12.9. The molecule has 198 valence electrons. The smallest absolute Gasteiger partial charge is 0.259 e. The fourth-order valence-electron chi connectivity index (χ4n) is 4.49. The summed E-state index contributed by atoms with van der Waals surface area (Å²) in [4.78, 5) is 25.6. The number of nitrogens with one attached hydrogen (secondary N) is 2. The molecule has 0 aromatic heterocycles. The first kappa shape index (κ1) is 29.8. The number of hydrogen-bond donors (Lipinski definition) is 2. The summed E-state index contributed by atoms with van der Waals surface area (Å²) in [6, 6.07) is 14.6. The van der Waals surface area contributed by atoms with Crippen molar-refractivity contribution in [3.8, 4) is 5.75 Å². The van der Waals surface area contributed by atoms with E-state index in [1.807, 2.05) is 18.2 Å². The molecule has 0 radical (unpaired) electrons. The van der Waals surface area contributed by atoms with Gasteiger partial charge in [-0.3, -0.25) is 9.59 Å².